The van der Waals surface area contributed by atoms with Gasteiger partial charge in [-0.1, -0.05) is 30.3 Å². The number of aryl methyl sites for hydroxylation is 1. The number of rotatable bonds is 3. The van der Waals surface area contributed by atoms with Crippen LogP contribution in [0, 0.1) is 18.7 Å². The maximum atomic E-state index is 13.5. The number of hydrogen-bond acceptors (Lipinski definition) is 3. The second-order valence-corrected chi connectivity index (χ2v) is 7.70. The number of Topliss-reactive ketones (excluding diaryl/α,β-unsaturated/α-hetero) is 1. The highest BCUT2D eigenvalue weighted by molar-refractivity contribution is 6.13. The van der Waals surface area contributed by atoms with Crippen LogP contribution < -0.4 is 5.32 Å². The van der Waals surface area contributed by atoms with Gasteiger partial charge < -0.3 is 5.32 Å². The van der Waals surface area contributed by atoms with Gasteiger partial charge in [-0.25, -0.2) is 4.39 Å². The van der Waals surface area contributed by atoms with E-state index in [2.05, 4.69) is 10.3 Å². The number of halogens is 1. The van der Waals surface area contributed by atoms with Crippen LogP contribution in [0.3, 0.4) is 0 Å². The molecule has 0 spiro atoms. The Morgan fingerprint density at radius 2 is 1.79 bits per heavy atom. The Bertz CT molecular complexity index is 1040. The molecular weight excluding hydrogens is 367 g/mol. The lowest BCUT2D eigenvalue weighted by Gasteiger charge is -2.35. The topological polar surface area (TPSA) is 58.5 Å². The van der Waals surface area contributed by atoms with Gasteiger partial charge >= 0.3 is 0 Å². The molecule has 4 nitrogen and oxygen atoms in total. The predicted octanol–water partition coefficient (Wildman–Crippen LogP) is 4.95. The lowest BCUT2D eigenvalue weighted by Crippen LogP contribution is -2.39. The second-order valence-electron chi connectivity index (χ2n) is 7.70. The van der Waals surface area contributed by atoms with Crippen LogP contribution in [0.5, 0.6) is 0 Å². The van der Waals surface area contributed by atoms with E-state index in [0.29, 0.717) is 17.7 Å². The number of amides is 1. The zero-order valence-electron chi connectivity index (χ0n) is 16.5. The lowest BCUT2D eigenvalue weighted by molar-refractivity contribution is -0.119. The standard InChI is InChI=1S/C24H23FN2O2/c1-14-6-3-4-7-18(14)27-24(29)21-15(2)26-19-8-5-9-20(28)23(19)22(21)16-10-12-17(25)13-11-16/h3-4,6-7,10-13,21-22H,5,8-9H2,1-2H3,(H,27,29)/t21?,22-/m0/s1. The number of benzene rings is 2. The van der Waals surface area contributed by atoms with E-state index >= 15 is 0 Å². The molecule has 1 heterocycles. The predicted molar refractivity (Wildman–Crippen MR) is 111 cm³/mol. The maximum absolute atomic E-state index is 13.5. The molecule has 0 aromatic heterocycles. The molecule has 0 saturated heterocycles. The van der Waals surface area contributed by atoms with Gasteiger partial charge in [-0.3, -0.25) is 14.6 Å². The van der Waals surface area contributed by atoms with Crippen LogP contribution in [0.4, 0.5) is 10.1 Å². The van der Waals surface area contributed by atoms with Gasteiger partial charge in [0.25, 0.3) is 0 Å². The highest BCUT2D eigenvalue weighted by Crippen LogP contribution is 2.43. The normalized spacial score (nSPS) is 21.5. The quantitative estimate of drug-likeness (QED) is 0.806. The SMILES string of the molecule is CC1=NC2=C(C(=O)CCC2)[C@@H](c2ccc(F)cc2)C1C(=O)Nc1ccccc1C. The summed E-state index contributed by atoms with van der Waals surface area (Å²) in [6.07, 6.45) is 1.95. The van der Waals surface area contributed by atoms with Crippen molar-refractivity contribution in [1.29, 1.82) is 0 Å². The van der Waals surface area contributed by atoms with Crippen LogP contribution in [0.15, 0.2) is 64.8 Å². The summed E-state index contributed by atoms with van der Waals surface area (Å²) >= 11 is 0. The molecule has 4 rings (SSSR count). The summed E-state index contributed by atoms with van der Waals surface area (Å²) in [6, 6.07) is 13.6. The first kappa shape index (κ1) is 19.2. The van der Waals surface area contributed by atoms with E-state index in [1.165, 1.54) is 12.1 Å². The Balaban J connectivity index is 1.78. The minimum atomic E-state index is -0.624. The number of anilines is 1. The van der Waals surface area contributed by atoms with Crippen LogP contribution in [-0.2, 0) is 9.59 Å². The van der Waals surface area contributed by atoms with Gasteiger partial charge in [0, 0.05) is 35.0 Å². The zero-order valence-corrected chi connectivity index (χ0v) is 16.5. The summed E-state index contributed by atoms with van der Waals surface area (Å²) in [5.74, 6) is -1.61. The molecule has 2 atom stereocenters. The van der Waals surface area contributed by atoms with Crippen molar-refractivity contribution < 1.29 is 14.0 Å². The number of allylic oxidation sites excluding steroid dienone is 2. The Morgan fingerprint density at radius 3 is 2.52 bits per heavy atom. The Hall–Kier alpha value is -3.08. The van der Waals surface area contributed by atoms with Crippen molar-refractivity contribution in [2.24, 2.45) is 10.9 Å². The van der Waals surface area contributed by atoms with Gasteiger partial charge in [0.1, 0.15) is 5.82 Å². The molecular formula is C24H23FN2O2. The van der Waals surface area contributed by atoms with E-state index in [0.717, 1.165) is 35.4 Å². The molecule has 148 valence electrons. The third kappa shape index (κ3) is 3.65. The van der Waals surface area contributed by atoms with Crippen LogP contribution in [0.25, 0.3) is 0 Å². The summed E-state index contributed by atoms with van der Waals surface area (Å²) in [7, 11) is 0. The van der Waals surface area contributed by atoms with E-state index < -0.39 is 11.8 Å². The zero-order chi connectivity index (χ0) is 20.5. The van der Waals surface area contributed by atoms with Gasteiger partial charge in [-0.2, -0.15) is 0 Å². The molecule has 0 saturated carbocycles. The van der Waals surface area contributed by atoms with Gasteiger partial charge in [-0.05, 0) is 56.0 Å². The number of ketones is 1. The average Bonchev–Trinajstić information content (AvgIpc) is 2.69. The molecule has 2 aliphatic rings. The highest BCUT2D eigenvalue weighted by atomic mass is 19.1. The minimum Gasteiger partial charge on any atom is -0.325 e. The summed E-state index contributed by atoms with van der Waals surface area (Å²) in [5, 5.41) is 3.00. The summed E-state index contributed by atoms with van der Waals surface area (Å²) in [4.78, 5) is 30.9. The molecule has 1 aliphatic carbocycles. The number of aliphatic imine (C=N–C) groups is 1. The largest absolute Gasteiger partial charge is 0.325 e. The molecule has 1 amide bonds. The Morgan fingerprint density at radius 1 is 1.07 bits per heavy atom. The fourth-order valence-electron chi connectivity index (χ4n) is 4.30. The van der Waals surface area contributed by atoms with Crippen molar-refractivity contribution in [3.8, 4) is 0 Å². The molecule has 0 fully saturated rings. The number of para-hydroxylation sites is 1. The summed E-state index contributed by atoms with van der Waals surface area (Å²) in [5.41, 5.74) is 4.51. The molecule has 2 aromatic carbocycles. The van der Waals surface area contributed by atoms with E-state index in [9.17, 15) is 14.0 Å². The van der Waals surface area contributed by atoms with Gasteiger partial charge in [0.05, 0.1) is 5.92 Å². The molecule has 0 radical (unpaired) electrons. The molecule has 1 unspecified atom stereocenters. The molecule has 1 aliphatic heterocycles. The van der Waals surface area contributed by atoms with E-state index in [-0.39, 0.29) is 17.5 Å². The number of carbonyl (C=O) groups excluding carboxylic acids is 2. The maximum Gasteiger partial charge on any atom is 0.234 e. The monoisotopic (exact) mass is 390 g/mol. The fraction of sp³-hybridized carbons (Fsp3) is 0.292. The average molecular weight is 390 g/mol. The van der Waals surface area contributed by atoms with Crippen LogP contribution in [0.2, 0.25) is 0 Å². The van der Waals surface area contributed by atoms with Gasteiger partial charge in [0.15, 0.2) is 5.78 Å². The summed E-state index contributed by atoms with van der Waals surface area (Å²) < 4.78 is 13.5. The molecule has 0 bridgehead atoms. The number of hydrogen-bond donors (Lipinski definition) is 1. The third-order valence-electron chi connectivity index (χ3n) is 5.75. The molecule has 5 heteroatoms. The van der Waals surface area contributed by atoms with Gasteiger partial charge in [-0.15, -0.1) is 0 Å². The van der Waals surface area contributed by atoms with Crippen LogP contribution >= 0.6 is 0 Å². The van der Waals surface area contributed by atoms with Crippen LogP contribution in [-0.4, -0.2) is 17.4 Å². The number of carbonyl (C=O) groups is 2. The molecule has 2 aromatic rings. The van der Waals surface area contributed by atoms with Crippen molar-refractivity contribution in [3.63, 3.8) is 0 Å². The smallest absolute Gasteiger partial charge is 0.234 e. The lowest BCUT2D eigenvalue weighted by atomic mass is 9.71. The van der Waals surface area contributed by atoms with Crippen molar-refractivity contribution >= 4 is 23.1 Å². The number of nitrogens with zero attached hydrogens (tertiary/aromatic N) is 1. The van der Waals surface area contributed by atoms with Gasteiger partial charge in [0.2, 0.25) is 5.91 Å². The Labute approximate surface area is 169 Å². The summed E-state index contributed by atoms with van der Waals surface area (Å²) in [6.45, 7) is 3.77. The first-order valence-electron chi connectivity index (χ1n) is 9.89. The van der Waals surface area contributed by atoms with E-state index in [1.54, 1.807) is 12.1 Å². The Kier molecular flexibility index (Phi) is 5.14. The highest BCUT2D eigenvalue weighted by Gasteiger charge is 2.42. The van der Waals surface area contributed by atoms with E-state index in [4.69, 9.17) is 0 Å². The number of nitrogens with one attached hydrogen (secondary N) is 1. The first-order valence-corrected chi connectivity index (χ1v) is 9.89. The minimum absolute atomic E-state index is 0.0329. The fourth-order valence-corrected chi connectivity index (χ4v) is 4.30. The van der Waals surface area contributed by atoms with E-state index in [1.807, 2.05) is 38.1 Å². The first-order chi connectivity index (χ1) is 14.0. The second kappa shape index (κ2) is 7.74. The van der Waals surface area contributed by atoms with Crippen molar-refractivity contribution in [2.45, 2.75) is 39.0 Å². The van der Waals surface area contributed by atoms with Crippen molar-refractivity contribution in [1.82, 2.24) is 0 Å². The van der Waals surface area contributed by atoms with Crippen molar-refractivity contribution in [3.05, 3.63) is 76.7 Å². The third-order valence-corrected chi connectivity index (χ3v) is 5.75. The van der Waals surface area contributed by atoms with Crippen LogP contribution in [0.1, 0.15) is 43.2 Å². The molecule has 29 heavy (non-hydrogen) atoms. The van der Waals surface area contributed by atoms with Crippen molar-refractivity contribution in [2.75, 3.05) is 5.32 Å². The molecule has 1 N–H and O–H groups in total.